The van der Waals surface area contributed by atoms with Crippen molar-refractivity contribution in [2.45, 2.75) is 12.7 Å². The summed E-state index contributed by atoms with van der Waals surface area (Å²) in [6.07, 6.45) is 1.61. The lowest BCUT2D eigenvalue weighted by atomic mass is 10.3. The van der Waals surface area contributed by atoms with Crippen molar-refractivity contribution in [3.63, 3.8) is 0 Å². The Morgan fingerprint density at radius 2 is 2.36 bits per heavy atom. The summed E-state index contributed by atoms with van der Waals surface area (Å²) in [5, 5.41) is 0. The van der Waals surface area contributed by atoms with Crippen LogP contribution in [-0.4, -0.2) is 13.7 Å². The van der Waals surface area contributed by atoms with Crippen molar-refractivity contribution in [2.75, 3.05) is 0 Å². The van der Waals surface area contributed by atoms with E-state index in [-0.39, 0.29) is 5.75 Å². The highest BCUT2D eigenvalue weighted by Crippen LogP contribution is 2.01. The summed E-state index contributed by atoms with van der Waals surface area (Å²) in [4.78, 5) is 3.99. The van der Waals surface area contributed by atoms with E-state index in [0.29, 0.717) is 0 Å². The van der Waals surface area contributed by atoms with Gasteiger partial charge in [0.1, 0.15) is 0 Å². The third-order valence-corrected chi connectivity index (χ3v) is 1.84. The van der Waals surface area contributed by atoms with Crippen LogP contribution in [0.5, 0.6) is 0 Å². The zero-order chi connectivity index (χ0) is 8.27. The van der Waals surface area contributed by atoms with E-state index in [0.717, 1.165) is 11.3 Å². The molecular weight excluding hydrogens is 162 g/mol. The van der Waals surface area contributed by atoms with E-state index in [2.05, 4.69) is 4.98 Å². The van der Waals surface area contributed by atoms with Gasteiger partial charge in [0.05, 0.1) is 5.75 Å². The highest BCUT2D eigenvalue weighted by molar-refractivity contribution is 7.78. The first kappa shape index (κ1) is 8.36. The Balaban J connectivity index is 2.74. The van der Waals surface area contributed by atoms with E-state index in [1.165, 1.54) is 0 Å². The second-order valence-corrected chi connectivity index (χ2v) is 3.21. The first-order valence-electron chi connectivity index (χ1n) is 3.17. The second kappa shape index (κ2) is 3.59. The standard InChI is InChI=1S/C7H9NO2S/c1-6-2-3-7(4-8-6)5-11(9)10/h2-4H,5H2,1H3,(H,9,10). The molecule has 1 heterocycles. The molecule has 3 nitrogen and oxygen atoms in total. The van der Waals surface area contributed by atoms with E-state index in [1.54, 1.807) is 12.3 Å². The Kier molecular flexibility index (Phi) is 2.73. The van der Waals surface area contributed by atoms with Crippen molar-refractivity contribution < 1.29 is 8.76 Å². The first-order valence-corrected chi connectivity index (χ1v) is 4.45. The van der Waals surface area contributed by atoms with Crippen molar-refractivity contribution in [1.82, 2.24) is 4.98 Å². The molecule has 0 aliphatic carbocycles. The van der Waals surface area contributed by atoms with Crippen LogP contribution in [0.4, 0.5) is 0 Å². The van der Waals surface area contributed by atoms with Gasteiger partial charge in [0.25, 0.3) is 0 Å². The summed E-state index contributed by atoms with van der Waals surface area (Å²) in [6, 6.07) is 3.62. The van der Waals surface area contributed by atoms with E-state index in [9.17, 15) is 4.21 Å². The Bertz CT molecular complexity index is 258. The van der Waals surface area contributed by atoms with Crippen LogP contribution in [0.15, 0.2) is 18.3 Å². The van der Waals surface area contributed by atoms with Gasteiger partial charge in [-0.25, -0.2) is 4.21 Å². The maximum atomic E-state index is 10.3. The number of aromatic nitrogens is 1. The maximum Gasteiger partial charge on any atom is 0.157 e. The number of nitrogens with zero attached hydrogens (tertiary/aromatic N) is 1. The number of rotatable bonds is 2. The summed E-state index contributed by atoms with van der Waals surface area (Å²) < 4.78 is 18.9. The van der Waals surface area contributed by atoms with Crippen LogP contribution in [0.2, 0.25) is 0 Å². The van der Waals surface area contributed by atoms with Crippen molar-refractivity contribution in [1.29, 1.82) is 0 Å². The van der Waals surface area contributed by atoms with Gasteiger partial charge in [-0.15, -0.1) is 0 Å². The zero-order valence-electron chi connectivity index (χ0n) is 6.15. The number of aryl methyl sites for hydroxylation is 1. The van der Waals surface area contributed by atoms with Gasteiger partial charge in [0.2, 0.25) is 0 Å². The van der Waals surface area contributed by atoms with Gasteiger partial charge in [-0.1, -0.05) is 6.07 Å². The third-order valence-electron chi connectivity index (χ3n) is 1.26. The van der Waals surface area contributed by atoms with E-state index in [1.807, 2.05) is 13.0 Å². The summed E-state index contributed by atoms with van der Waals surface area (Å²) in [7, 11) is 0. The number of hydrogen-bond acceptors (Lipinski definition) is 2. The van der Waals surface area contributed by atoms with E-state index in [4.69, 9.17) is 4.55 Å². The van der Waals surface area contributed by atoms with Crippen molar-refractivity contribution in [3.05, 3.63) is 29.6 Å². The topological polar surface area (TPSA) is 50.2 Å². The van der Waals surface area contributed by atoms with Crippen LogP contribution in [0, 0.1) is 6.92 Å². The molecular formula is C7H9NO2S. The van der Waals surface area contributed by atoms with E-state index < -0.39 is 11.1 Å². The fourth-order valence-corrected chi connectivity index (χ4v) is 1.18. The predicted molar refractivity (Wildman–Crippen MR) is 43.4 cm³/mol. The van der Waals surface area contributed by atoms with Crippen molar-refractivity contribution >= 4 is 11.1 Å². The lowest BCUT2D eigenvalue weighted by Gasteiger charge is -1.95. The first-order chi connectivity index (χ1) is 5.18. The van der Waals surface area contributed by atoms with Crippen LogP contribution in [0.1, 0.15) is 11.3 Å². The van der Waals surface area contributed by atoms with Crippen LogP contribution in [-0.2, 0) is 16.8 Å². The minimum atomic E-state index is -1.76. The Morgan fingerprint density at radius 1 is 1.64 bits per heavy atom. The van der Waals surface area contributed by atoms with Gasteiger partial charge in [-0.05, 0) is 18.6 Å². The van der Waals surface area contributed by atoms with Gasteiger partial charge >= 0.3 is 0 Å². The SMILES string of the molecule is Cc1ccc(CS(=O)O)cn1. The summed E-state index contributed by atoms with van der Waals surface area (Å²) in [5.74, 6) is 0.160. The molecule has 1 aromatic rings. The molecule has 0 radical (unpaired) electrons. The summed E-state index contributed by atoms with van der Waals surface area (Å²) in [5.41, 5.74) is 1.70. The minimum Gasteiger partial charge on any atom is -0.306 e. The number of pyridine rings is 1. The van der Waals surface area contributed by atoms with Crippen LogP contribution >= 0.6 is 0 Å². The largest absolute Gasteiger partial charge is 0.306 e. The fourth-order valence-electron chi connectivity index (χ4n) is 0.726. The smallest absolute Gasteiger partial charge is 0.157 e. The Labute approximate surface area is 67.8 Å². The molecule has 1 N–H and O–H groups in total. The zero-order valence-corrected chi connectivity index (χ0v) is 6.97. The molecule has 0 amide bonds. The highest BCUT2D eigenvalue weighted by atomic mass is 32.2. The average Bonchev–Trinajstić information content (AvgIpc) is 1.93. The number of hydrogen-bond donors (Lipinski definition) is 1. The molecule has 0 bridgehead atoms. The lowest BCUT2D eigenvalue weighted by Crippen LogP contribution is -1.93. The van der Waals surface area contributed by atoms with Gasteiger partial charge in [-0.2, -0.15) is 0 Å². The molecule has 11 heavy (non-hydrogen) atoms. The van der Waals surface area contributed by atoms with Crippen LogP contribution in [0.3, 0.4) is 0 Å². The van der Waals surface area contributed by atoms with Crippen molar-refractivity contribution in [3.8, 4) is 0 Å². The molecule has 1 unspecified atom stereocenters. The molecule has 1 aromatic heterocycles. The van der Waals surface area contributed by atoms with Gasteiger partial charge in [-0.3, -0.25) is 4.98 Å². The van der Waals surface area contributed by atoms with Gasteiger partial charge in [0.15, 0.2) is 11.1 Å². The molecule has 1 atom stereocenters. The van der Waals surface area contributed by atoms with Gasteiger partial charge < -0.3 is 4.55 Å². The second-order valence-electron chi connectivity index (χ2n) is 2.27. The molecule has 60 valence electrons. The molecule has 0 spiro atoms. The fraction of sp³-hybridized carbons (Fsp3) is 0.286. The Morgan fingerprint density at radius 3 is 2.82 bits per heavy atom. The molecule has 0 aliphatic heterocycles. The molecule has 1 rings (SSSR count). The Hall–Kier alpha value is -0.740. The van der Waals surface area contributed by atoms with Crippen LogP contribution < -0.4 is 0 Å². The molecule has 4 heteroatoms. The highest BCUT2D eigenvalue weighted by Gasteiger charge is 1.96. The summed E-state index contributed by atoms with van der Waals surface area (Å²) in [6.45, 7) is 1.87. The normalized spacial score (nSPS) is 12.9. The molecule has 0 aromatic carbocycles. The predicted octanol–water partition coefficient (Wildman–Crippen LogP) is 1.11. The molecule has 0 fully saturated rings. The average molecular weight is 171 g/mol. The quantitative estimate of drug-likeness (QED) is 0.678. The maximum absolute atomic E-state index is 10.3. The van der Waals surface area contributed by atoms with Gasteiger partial charge in [0, 0.05) is 11.9 Å². The molecule has 0 aliphatic rings. The van der Waals surface area contributed by atoms with Crippen molar-refractivity contribution in [2.24, 2.45) is 0 Å². The minimum absolute atomic E-state index is 0.160. The summed E-state index contributed by atoms with van der Waals surface area (Å²) >= 11 is -1.76. The van der Waals surface area contributed by atoms with Crippen LogP contribution in [0.25, 0.3) is 0 Å². The molecule has 0 saturated heterocycles. The lowest BCUT2D eigenvalue weighted by molar-refractivity contribution is 0.563. The monoisotopic (exact) mass is 171 g/mol. The third kappa shape index (κ3) is 2.78. The molecule has 0 saturated carbocycles. The van der Waals surface area contributed by atoms with E-state index >= 15 is 0 Å².